The molecular weight excluding hydrogens is 194 g/mol. The van der Waals surface area contributed by atoms with Crippen molar-refractivity contribution >= 4 is 14.0 Å². The molecule has 1 saturated heterocycles. The molecule has 0 bridgehead atoms. The minimum absolute atomic E-state index is 0.0222. The van der Waals surface area contributed by atoms with Crippen molar-refractivity contribution in [3.8, 4) is 11.5 Å². The molecule has 14 heavy (non-hydrogen) atoms. The van der Waals surface area contributed by atoms with E-state index in [0.29, 0.717) is 6.42 Å². The highest BCUT2D eigenvalue weighted by molar-refractivity contribution is 6.83. The molecule has 0 saturated carbocycles. The molecule has 0 aromatic rings. The normalized spacial score (nSPS) is 25.9. The van der Waals surface area contributed by atoms with E-state index in [2.05, 4.69) is 36.4 Å². The summed E-state index contributed by atoms with van der Waals surface area (Å²) in [6, 6.07) is -0.0265. The van der Waals surface area contributed by atoms with E-state index >= 15 is 0 Å². The first kappa shape index (κ1) is 11.3. The van der Waals surface area contributed by atoms with Gasteiger partial charge in [0.05, 0.1) is 5.92 Å². The molecule has 2 atom stereocenters. The van der Waals surface area contributed by atoms with E-state index in [1.807, 2.05) is 0 Å². The topological polar surface area (TPSA) is 49.3 Å². The summed E-state index contributed by atoms with van der Waals surface area (Å²) < 4.78 is 0. The lowest BCUT2D eigenvalue weighted by Gasteiger charge is -2.32. The minimum Gasteiger partial charge on any atom is -0.396 e. The lowest BCUT2D eigenvalue weighted by Crippen LogP contribution is -2.57. The second kappa shape index (κ2) is 4.16. The summed E-state index contributed by atoms with van der Waals surface area (Å²) in [7, 11) is -1.35. The SMILES string of the molecule is C[Si](C)(C)C#C[C@@H]1NC(=O)[C@H]1CCO. The van der Waals surface area contributed by atoms with Gasteiger partial charge in [-0.15, -0.1) is 5.54 Å². The van der Waals surface area contributed by atoms with Crippen molar-refractivity contribution in [1.82, 2.24) is 5.32 Å². The van der Waals surface area contributed by atoms with E-state index in [9.17, 15) is 4.79 Å². The Morgan fingerprint density at radius 3 is 2.57 bits per heavy atom. The second-order valence-corrected chi connectivity index (χ2v) is 9.37. The van der Waals surface area contributed by atoms with Crippen molar-refractivity contribution in [2.24, 2.45) is 5.92 Å². The van der Waals surface area contributed by atoms with Crippen LogP contribution in [0.4, 0.5) is 0 Å². The summed E-state index contributed by atoms with van der Waals surface area (Å²) in [5.74, 6) is 3.02. The zero-order valence-electron chi connectivity index (χ0n) is 8.92. The summed E-state index contributed by atoms with van der Waals surface area (Å²) in [4.78, 5) is 11.1. The van der Waals surface area contributed by atoms with Gasteiger partial charge in [-0.25, -0.2) is 0 Å². The van der Waals surface area contributed by atoms with Crippen LogP contribution in [0.25, 0.3) is 0 Å². The lowest BCUT2D eigenvalue weighted by molar-refractivity contribution is -0.133. The van der Waals surface area contributed by atoms with Gasteiger partial charge < -0.3 is 10.4 Å². The largest absolute Gasteiger partial charge is 0.396 e. The first-order valence-corrected chi connectivity index (χ1v) is 8.38. The molecule has 1 aliphatic rings. The van der Waals surface area contributed by atoms with Gasteiger partial charge in [-0.05, 0) is 6.42 Å². The first-order valence-electron chi connectivity index (χ1n) is 4.88. The highest BCUT2D eigenvalue weighted by Crippen LogP contribution is 2.18. The van der Waals surface area contributed by atoms with E-state index in [4.69, 9.17) is 5.11 Å². The van der Waals surface area contributed by atoms with Gasteiger partial charge in [0.25, 0.3) is 0 Å². The van der Waals surface area contributed by atoms with E-state index in [0.717, 1.165) is 0 Å². The van der Waals surface area contributed by atoms with E-state index in [-0.39, 0.29) is 24.5 Å². The van der Waals surface area contributed by atoms with Crippen LogP contribution in [-0.2, 0) is 4.79 Å². The number of carbonyl (C=O) groups is 1. The number of amides is 1. The van der Waals surface area contributed by atoms with Gasteiger partial charge in [-0.2, -0.15) is 0 Å². The molecular formula is C10H17NO2Si. The number of aliphatic hydroxyl groups excluding tert-OH is 1. The van der Waals surface area contributed by atoms with Crippen LogP contribution in [0.1, 0.15) is 6.42 Å². The number of nitrogens with one attached hydrogen (secondary N) is 1. The number of rotatable bonds is 2. The zero-order chi connectivity index (χ0) is 10.8. The van der Waals surface area contributed by atoms with Crippen molar-refractivity contribution < 1.29 is 9.90 Å². The van der Waals surface area contributed by atoms with Crippen molar-refractivity contribution in [3.63, 3.8) is 0 Å². The predicted molar refractivity (Wildman–Crippen MR) is 58.2 cm³/mol. The average molecular weight is 211 g/mol. The number of carbonyl (C=O) groups excluding carboxylic acids is 1. The maximum atomic E-state index is 11.1. The van der Waals surface area contributed by atoms with Crippen LogP contribution in [0.5, 0.6) is 0 Å². The van der Waals surface area contributed by atoms with Crippen molar-refractivity contribution in [1.29, 1.82) is 0 Å². The van der Waals surface area contributed by atoms with Gasteiger partial charge in [0.2, 0.25) is 5.91 Å². The number of β-lactam (4-membered cyclic amide) rings is 1. The zero-order valence-corrected chi connectivity index (χ0v) is 9.92. The fourth-order valence-electron chi connectivity index (χ4n) is 1.28. The van der Waals surface area contributed by atoms with Crippen molar-refractivity contribution in [2.45, 2.75) is 32.1 Å². The minimum atomic E-state index is -1.35. The molecule has 1 rings (SSSR count). The number of aliphatic hydroxyl groups is 1. The monoisotopic (exact) mass is 211 g/mol. The summed E-state index contributed by atoms with van der Waals surface area (Å²) in [5.41, 5.74) is 3.23. The Hall–Kier alpha value is -0.793. The number of hydrogen-bond donors (Lipinski definition) is 2. The molecule has 3 nitrogen and oxygen atoms in total. The van der Waals surface area contributed by atoms with E-state index in [1.165, 1.54) is 0 Å². The molecule has 4 heteroatoms. The molecule has 0 unspecified atom stereocenters. The first-order chi connectivity index (χ1) is 6.44. The third-order valence-electron chi connectivity index (χ3n) is 2.08. The third-order valence-corrected chi connectivity index (χ3v) is 2.97. The molecule has 1 amide bonds. The van der Waals surface area contributed by atoms with Crippen LogP contribution in [0.2, 0.25) is 19.6 Å². The van der Waals surface area contributed by atoms with Gasteiger partial charge in [-0.3, -0.25) is 4.79 Å². The maximum Gasteiger partial charge on any atom is 0.227 e. The van der Waals surface area contributed by atoms with Gasteiger partial charge in [0.15, 0.2) is 0 Å². The average Bonchev–Trinajstić information content (AvgIpc) is 2.06. The van der Waals surface area contributed by atoms with Crippen LogP contribution >= 0.6 is 0 Å². The summed E-state index contributed by atoms with van der Waals surface area (Å²) in [6.45, 7) is 6.56. The van der Waals surface area contributed by atoms with Gasteiger partial charge in [0.1, 0.15) is 14.1 Å². The Bertz CT molecular complexity index is 285. The Labute approximate surface area is 85.9 Å². The fourth-order valence-corrected chi connectivity index (χ4v) is 1.87. The van der Waals surface area contributed by atoms with Gasteiger partial charge >= 0.3 is 0 Å². The van der Waals surface area contributed by atoms with Crippen LogP contribution in [0.3, 0.4) is 0 Å². The van der Waals surface area contributed by atoms with Gasteiger partial charge in [0, 0.05) is 6.61 Å². The lowest BCUT2D eigenvalue weighted by atomic mass is 9.88. The van der Waals surface area contributed by atoms with E-state index in [1.54, 1.807) is 0 Å². The molecule has 1 fully saturated rings. The highest BCUT2D eigenvalue weighted by atomic mass is 28.3. The highest BCUT2D eigenvalue weighted by Gasteiger charge is 2.37. The molecule has 0 aromatic heterocycles. The summed E-state index contributed by atoms with van der Waals surface area (Å²) in [6.07, 6.45) is 0.525. The standard InChI is InChI=1S/C10H17NO2Si/c1-14(2,3)7-5-9-8(4-6-12)10(13)11-9/h8-9,12H,4,6H2,1-3H3,(H,11,13)/t8-,9-/m0/s1. The molecule has 1 aliphatic heterocycles. The predicted octanol–water partition coefficient (Wildman–Crippen LogP) is 0.364. The van der Waals surface area contributed by atoms with Crippen LogP contribution in [-0.4, -0.2) is 31.7 Å². The Morgan fingerprint density at radius 2 is 2.14 bits per heavy atom. The number of hydrogen-bond acceptors (Lipinski definition) is 2. The van der Waals surface area contributed by atoms with Crippen molar-refractivity contribution in [3.05, 3.63) is 0 Å². The maximum absolute atomic E-state index is 11.1. The smallest absolute Gasteiger partial charge is 0.227 e. The third kappa shape index (κ3) is 2.86. The fraction of sp³-hybridized carbons (Fsp3) is 0.700. The quantitative estimate of drug-likeness (QED) is 0.394. The molecule has 1 heterocycles. The molecule has 2 N–H and O–H groups in total. The Balaban J connectivity index is 2.54. The van der Waals surface area contributed by atoms with E-state index < -0.39 is 8.07 Å². The van der Waals surface area contributed by atoms with Gasteiger partial charge in [-0.1, -0.05) is 25.6 Å². The van der Waals surface area contributed by atoms with Crippen LogP contribution < -0.4 is 5.32 Å². The van der Waals surface area contributed by atoms with Crippen LogP contribution in [0, 0.1) is 17.4 Å². The Kier molecular flexibility index (Phi) is 3.35. The summed E-state index contributed by atoms with van der Waals surface area (Å²) >= 11 is 0. The molecule has 0 aromatic carbocycles. The Morgan fingerprint density at radius 1 is 1.50 bits per heavy atom. The molecule has 0 radical (unpaired) electrons. The molecule has 0 aliphatic carbocycles. The molecule has 78 valence electrons. The second-order valence-electron chi connectivity index (χ2n) is 4.62. The summed E-state index contributed by atoms with van der Waals surface area (Å²) in [5, 5.41) is 11.5. The van der Waals surface area contributed by atoms with Crippen molar-refractivity contribution in [2.75, 3.05) is 6.61 Å². The molecule has 0 spiro atoms. The van der Waals surface area contributed by atoms with Crippen LogP contribution in [0.15, 0.2) is 0 Å².